The van der Waals surface area contributed by atoms with Gasteiger partial charge in [-0.2, -0.15) is 0 Å². The second-order valence-electron chi connectivity index (χ2n) is 5.57. The Balaban J connectivity index is 1.69. The molecule has 6 nitrogen and oxygen atoms in total. The van der Waals surface area contributed by atoms with Gasteiger partial charge in [0, 0.05) is 25.8 Å². The summed E-state index contributed by atoms with van der Waals surface area (Å²) in [7, 11) is 1.65. The molecule has 0 radical (unpaired) electrons. The number of benzene rings is 2. The number of aliphatic hydroxyl groups excluding tert-OH is 1. The molecule has 2 N–H and O–H groups in total. The number of hydrogen-bond donors (Lipinski definition) is 2. The van der Waals surface area contributed by atoms with Crippen LogP contribution in [0.15, 0.2) is 54.9 Å². The Morgan fingerprint density at radius 1 is 1.21 bits per heavy atom. The van der Waals surface area contributed by atoms with Crippen LogP contribution >= 0.6 is 0 Å². The molecule has 1 heterocycles. The van der Waals surface area contributed by atoms with Gasteiger partial charge in [0.05, 0.1) is 17.6 Å². The van der Waals surface area contributed by atoms with Crippen molar-refractivity contribution in [1.29, 1.82) is 0 Å². The zero-order chi connectivity index (χ0) is 16.9. The summed E-state index contributed by atoms with van der Waals surface area (Å²) >= 11 is 0. The lowest BCUT2D eigenvalue weighted by molar-refractivity contribution is 0.190. The lowest BCUT2D eigenvalue weighted by atomic mass is 10.2. The van der Waals surface area contributed by atoms with Crippen molar-refractivity contribution in [3.05, 3.63) is 60.4 Å². The second kappa shape index (κ2) is 7.14. The Morgan fingerprint density at radius 3 is 2.71 bits per heavy atom. The average Bonchev–Trinajstić information content (AvgIpc) is 3.04. The van der Waals surface area contributed by atoms with Crippen LogP contribution in [-0.2, 0) is 6.54 Å². The number of nitrogens with one attached hydrogen (secondary N) is 1. The van der Waals surface area contributed by atoms with Gasteiger partial charge in [-0.05, 0) is 29.8 Å². The monoisotopic (exact) mass is 324 g/mol. The summed E-state index contributed by atoms with van der Waals surface area (Å²) in [4.78, 5) is 17.6. The van der Waals surface area contributed by atoms with Gasteiger partial charge in [0.1, 0.15) is 6.33 Å². The topological polar surface area (TPSA) is 70.4 Å². The first kappa shape index (κ1) is 16.0. The molecule has 0 aliphatic rings. The van der Waals surface area contributed by atoms with Crippen LogP contribution in [0.4, 0.5) is 4.79 Å². The third-order valence-corrected chi connectivity index (χ3v) is 3.89. The van der Waals surface area contributed by atoms with Gasteiger partial charge in [0.25, 0.3) is 0 Å². The van der Waals surface area contributed by atoms with Crippen LogP contribution in [0.3, 0.4) is 0 Å². The van der Waals surface area contributed by atoms with Gasteiger partial charge in [-0.15, -0.1) is 0 Å². The largest absolute Gasteiger partial charge is 0.395 e. The number of para-hydroxylation sites is 2. The molecule has 0 unspecified atom stereocenters. The summed E-state index contributed by atoms with van der Waals surface area (Å²) in [6.45, 7) is 0.718. The fraction of sp³-hybridized carbons (Fsp3) is 0.222. The van der Waals surface area contributed by atoms with E-state index in [4.69, 9.17) is 5.11 Å². The summed E-state index contributed by atoms with van der Waals surface area (Å²) in [6.07, 6.45) is 1.81. The number of amides is 2. The van der Waals surface area contributed by atoms with Gasteiger partial charge >= 0.3 is 6.03 Å². The number of imidazole rings is 1. The molecule has 2 aromatic carbocycles. The standard InChI is InChI=1S/C18H20N4O2/c1-21(10-11-23)18(24)19-12-14-6-8-15(9-7-14)22-13-20-16-4-2-3-5-17(16)22/h2-9,13,23H,10-12H2,1H3,(H,19,24). The predicted octanol–water partition coefficient (Wildman–Crippen LogP) is 2.16. The molecule has 0 spiro atoms. The first-order valence-electron chi connectivity index (χ1n) is 7.80. The van der Waals surface area contributed by atoms with Gasteiger partial charge in [-0.3, -0.25) is 4.57 Å². The van der Waals surface area contributed by atoms with Crippen LogP contribution in [0.25, 0.3) is 16.7 Å². The highest BCUT2D eigenvalue weighted by molar-refractivity contribution is 5.77. The van der Waals surface area contributed by atoms with Gasteiger partial charge in [0.15, 0.2) is 0 Å². The minimum Gasteiger partial charge on any atom is -0.395 e. The van der Waals surface area contributed by atoms with E-state index in [1.807, 2.05) is 59.4 Å². The van der Waals surface area contributed by atoms with Crippen molar-refractivity contribution in [2.24, 2.45) is 0 Å². The number of nitrogens with zero attached hydrogens (tertiary/aromatic N) is 3. The fourth-order valence-electron chi connectivity index (χ4n) is 2.50. The van der Waals surface area contributed by atoms with Crippen LogP contribution in [0.2, 0.25) is 0 Å². The van der Waals surface area contributed by atoms with Gasteiger partial charge in [-0.25, -0.2) is 9.78 Å². The van der Waals surface area contributed by atoms with Crippen molar-refractivity contribution >= 4 is 17.1 Å². The van der Waals surface area contributed by atoms with E-state index in [0.29, 0.717) is 13.1 Å². The van der Waals surface area contributed by atoms with Crippen LogP contribution in [0, 0.1) is 0 Å². The molecule has 0 aliphatic heterocycles. The van der Waals surface area contributed by atoms with Crippen molar-refractivity contribution in [3.8, 4) is 5.69 Å². The number of likely N-dealkylation sites (N-methyl/N-ethyl adjacent to an activating group) is 1. The lowest BCUT2D eigenvalue weighted by Crippen LogP contribution is -2.38. The summed E-state index contributed by atoms with van der Waals surface area (Å²) in [5, 5.41) is 11.7. The van der Waals surface area contributed by atoms with Crippen LogP contribution in [-0.4, -0.2) is 45.8 Å². The Labute approximate surface area is 140 Å². The van der Waals surface area contributed by atoms with E-state index < -0.39 is 0 Å². The van der Waals surface area contributed by atoms with E-state index in [1.54, 1.807) is 7.05 Å². The number of aromatic nitrogens is 2. The third-order valence-electron chi connectivity index (χ3n) is 3.89. The predicted molar refractivity (Wildman–Crippen MR) is 93.0 cm³/mol. The minimum absolute atomic E-state index is 0.0442. The van der Waals surface area contributed by atoms with Crippen molar-refractivity contribution in [2.45, 2.75) is 6.54 Å². The maximum absolute atomic E-state index is 11.8. The van der Waals surface area contributed by atoms with Crippen molar-refractivity contribution < 1.29 is 9.90 Å². The van der Waals surface area contributed by atoms with E-state index in [1.165, 1.54) is 4.90 Å². The zero-order valence-corrected chi connectivity index (χ0v) is 13.5. The molecule has 0 saturated heterocycles. The second-order valence-corrected chi connectivity index (χ2v) is 5.57. The van der Waals surface area contributed by atoms with Crippen LogP contribution in [0.5, 0.6) is 0 Å². The lowest BCUT2D eigenvalue weighted by Gasteiger charge is -2.16. The summed E-state index contributed by atoms with van der Waals surface area (Å²) in [5.74, 6) is 0. The molecule has 6 heteroatoms. The Hall–Kier alpha value is -2.86. The summed E-state index contributed by atoms with van der Waals surface area (Å²) < 4.78 is 2.03. The average molecular weight is 324 g/mol. The van der Waals surface area contributed by atoms with Crippen LogP contribution in [0.1, 0.15) is 5.56 Å². The number of carbonyl (C=O) groups excluding carboxylic acids is 1. The highest BCUT2D eigenvalue weighted by Crippen LogP contribution is 2.18. The number of aliphatic hydroxyl groups is 1. The molecule has 0 bridgehead atoms. The number of urea groups is 1. The molecule has 0 fully saturated rings. The highest BCUT2D eigenvalue weighted by Gasteiger charge is 2.07. The minimum atomic E-state index is -0.200. The summed E-state index contributed by atoms with van der Waals surface area (Å²) in [6, 6.07) is 15.8. The molecule has 24 heavy (non-hydrogen) atoms. The van der Waals surface area contributed by atoms with E-state index in [9.17, 15) is 4.79 Å². The molecule has 0 atom stereocenters. The maximum atomic E-state index is 11.8. The number of hydrogen-bond acceptors (Lipinski definition) is 3. The van der Waals surface area contributed by atoms with Crippen molar-refractivity contribution in [3.63, 3.8) is 0 Å². The number of fused-ring (bicyclic) bond motifs is 1. The van der Waals surface area contributed by atoms with Gasteiger partial charge in [0.2, 0.25) is 0 Å². The van der Waals surface area contributed by atoms with E-state index in [0.717, 1.165) is 22.3 Å². The van der Waals surface area contributed by atoms with Crippen LogP contribution < -0.4 is 5.32 Å². The van der Waals surface area contributed by atoms with Gasteiger partial charge in [-0.1, -0.05) is 24.3 Å². The normalized spacial score (nSPS) is 10.8. The SMILES string of the molecule is CN(CCO)C(=O)NCc1ccc(-n2cnc3ccccc32)cc1. The Kier molecular flexibility index (Phi) is 4.77. The number of carbonyl (C=O) groups is 1. The molecule has 0 aliphatic carbocycles. The van der Waals surface area contributed by atoms with E-state index >= 15 is 0 Å². The number of rotatable bonds is 5. The van der Waals surface area contributed by atoms with Crippen molar-refractivity contribution in [2.75, 3.05) is 20.2 Å². The fourth-order valence-corrected chi connectivity index (χ4v) is 2.50. The van der Waals surface area contributed by atoms with Gasteiger partial charge < -0.3 is 15.3 Å². The first-order chi connectivity index (χ1) is 11.7. The smallest absolute Gasteiger partial charge is 0.317 e. The molecule has 1 aromatic heterocycles. The Bertz CT molecular complexity index is 826. The molecule has 2 amide bonds. The zero-order valence-electron chi connectivity index (χ0n) is 13.5. The summed E-state index contributed by atoms with van der Waals surface area (Å²) in [5.41, 5.74) is 4.05. The van der Waals surface area contributed by atoms with E-state index in [2.05, 4.69) is 10.3 Å². The molecular formula is C18H20N4O2. The molecular weight excluding hydrogens is 304 g/mol. The quantitative estimate of drug-likeness (QED) is 0.755. The Morgan fingerprint density at radius 2 is 1.96 bits per heavy atom. The van der Waals surface area contributed by atoms with E-state index in [-0.39, 0.29) is 12.6 Å². The molecule has 3 aromatic rings. The molecule has 124 valence electrons. The molecule has 0 saturated carbocycles. The highest BCUT2D eigenvalue weighted by atomic mass is 16.3. The van der Waals surface area contributed by atoms with Crippen molar-refractivity contribution in [1.82, 2.24) is 19.8 Å². The maximum Gasteiger partial charge on any atom is 0.317 e. The third kappa shape index (κ3) is 3.38. The molecule has 3 rings (SSSR count). The first-order valence-corrected chi connectivity index (χ1v) is 7.80.